The van der Waals surface area contributed by atoms with Crippen molar-refractivity contribution in [3.63, 3.8) is 0 Å². The van der Waals surface area contributed by atoms with E-state index in [9.17, 15) is 9.59 Å². The first-order valence-corrected chi connectivity index (χ1v) is 12.1. The first-order chi connectivity index (χ1) is 17.1. The standard InChI is InChI=1S/C27H30ClN5O3/c1-17(35)32-26(2,3)19-9-11-21(12-10-19)36-25-30-22-15-23(28)27(4,33-24(22)31-25)20-7-5-18(6-8-20)13-14-29-16-34/h5-12,15-16,33H,13-14H2,1-4H3,(H,29,34)(H,30,31)(H,32,35). The summed E-state index contributed by atoms with van der Waals surface area (Å²) in [6.07, 6.45) is 3.31. The SMILES string of the molecule is CC(=O)NC(C)(C)c1ccc(Oc2nc3c([nH]2)C=C(Cl)C(C)(c2ccc(CCNC=O)cc2)N3)cc1. The zero-order valence-electron chi connectivity index (χ0n) is 20.7. The molecule has 1 aliphatic rings. The molecule has 0 saturated carbocycles. The molecule has 1 aliphatic heterocycles. The molecule has 0 saturated heterocycles. The van der Waals surface area contributed by atoms with Gasteiger partial charge in [0, 0.05) is 18.5 Å². The second-order valence-electron chi connectivity index (χ2n) is 9.50. The fraction of sp³-hybridized carbons (Fsp3) is 0.296. The van der Waals surface area contributed by atoms with Crippen molar-refractivity contribution in [2.45, 2.75) is 45.2 Å². The smallest absolute Gasteiger partial charge is 0.301 e. The summed E-state index contributed by atoms with van der Waals surface area (Å²) in [7, 11) is 0. The highest BCUT2D eigenvalue weighted by atomic mass is 35.5. The number of carbonyl (C=O) groups excluding carboxylic acids is 2. The van der Waals surface area contributed by atoms with Crippen molar-refractivity contribution < 1.29 is 14.3 Å². The minimum atomic E-state index is -0.655. The Kier molecular flexibility index (Phi) is 7.08. The van der Waals surface area contributed by atoms with Crippen LogP contribution in [0.15, 0.2) is 53.6 Å². The lowest BCUT2D eigenvalue weighted by Gasteiger charge is -2.34. The van der Waals surface area contributed by atoms with Crippen LogP contribution in [0.4, 0.5) is 5.82 Å². The molecule has 1 atom stereocenters. The van der Waals surface area contributed by atoms with Crippen LogP contribution in [0, 0.1) is 0 Å². The molecule has 36 heavy (non-hydrogen) atoms. The van der Waals surface area contributed by atoms with Gasteiger partial charge in [0.25, 0.3) is 0 Å². The van der Waals surface area contributed by atoms with Crippen molar-refractivity contribution in [2.75, 3.05) is 11.9 Å². The summed E-state index contributed by atoms with van der Waals surface area (Å²) < 4.78 is 5.95. The van der Waals surface area contributed by atoms with E-state index in [1.165, 1.54) is 6.92 Å². The van der Waals surface area contributed by atoms with E-state index >= 15 is 0 Å². The molecule has 2 amide bonds. The van der Waals surface area contributed by atoms with E-state index in [-0.39, 0.29) is 5.91 Å². The molecular weight excluding hydrogens is 478 g/mol. The summed E-state index contributed by atoms with van der Waals surface area (Å²) in [5, 5.41) is 9.67. The first-order valence-electron chi connectivity index (χ1n) is 11.7. The van der Waals surface area contributed by atoms with E-state index in [1.807, 2.05) is 75.4 Å². The Hall–Kier alpha value is -3.78. The number of carbonyl (C=O) groups is 2. The Morgan fingerprint density at radius 3 is 2.50 bits per heavy atom. The zero-order chi connectivity index (χ0) is 25.9. The van der Waals surface area contributed by atoms with E-state index in [1.54, 1.807) is 0 Å². The van der Waals surface area contributed by atoms with E-state index in [4.69, 9.17) is 16.3 Å². The zero-order valence-corrected chi connectivity index (χ0v) is 21.5. The summed E-state index contributed by atoms with van der Waals surface area (Å²) in [4.78, 5) is 29.7. The van der Waals surface area contributed by atoms with Gasteiger partial charge in [-0.3, -0.25) is 9.59 Å². The predicted octanol–water partition coefficient (Wildman–Crippen LogP) is 4.78. The minimum Gasteiger partial charge on any atom is -0.426 e. The molecule has 188 valence electrons. The number of anilines is 1. The molecule has 3 aromatic rings. The summed E-state index contributed by atoms with van der Waals surface area (Å²) in [5.74, 6) is 1.16. The number of hydrogen-bond donors (Lipinski definition) is 4. The second kappa shape index (κ2) is 10.1. The van der Waals surface area contributed by atoms with Crippen LogP contribution in [0.2, 0.25) is 0 Å². The van der Waals surface area contributed by atoms with Crippen molar-refractivity contribution in [2.24, 2.45) is 0 Å². The molecule has 0 fully saturated rings. The number of halogens is 1. The maximum atomic E-state index is 11.5. The topological polar surface area (TPSA) is 108 Å². The highest BCUT2D eigenvalue weighted by Gasteiger charge is 2.35. The number of amides is 2. The number of rotatable bonds is 9. The maximum Gasteiger partial charge on any atom is 0.301 e. The van der Waals surface area contributed by atoms with Gasteiger partial charge in [0.2, 0.25) is 12.3 Å². The highest BCUT2D eigenvalue weighted by Crippen LogP contribution is 2.42. The highest BCUT2D eigenvalue weighted by molar-refractivity contribution is 6.33. The summed E-state index contributed by atoms with van der Waals surface area (Å²) in [6.45, 7) is 7.99. The number of imidazole rings is 1. The van der Waals surface area contributed by atoms with Crippen molar-refractivity contribution in [1.29, 1.82) is 0 Å². The maximum absolute atomic E-state index is 11.5. The van der Waals surface area contributed by atoms with Crippen molar-refractivity contribution in [3.05, 3.63) is 75.9 Å². The largest absolute Gasteiger partial charge is 0.426 e. The van der Waals surface area contributed by atoms with Gasteiger partial charge in [-0.2, -0.15) is 4.98 Å². The molecule has 2 heterocycles. The number of H-pyrrole nitrogens is 1. The number of aromatic amines is 1. The molecule has 2 aromatic carbocycles. The Morgan fingerprint density at radius 2 is 1.86 bits per heavy atom. The Morgan fingerprint density at radius 1 is 1.17 bits per heavy atom. The number of fused-ring (bicyclic) bond motifs is 1. The van der Waals surface area contributed by atoms with E-state index in [2.05, 4.69) is 25.9 Å². The number of nitrogens with zero attached hydrogens (tertiary/aromatic N) is 1. The van der Waals surface area contributed by atoms with Crippen LogP contribution in [-0.2, 0) is 27.1 Å². The molecule has 0 aliphatic carbocycles. The van der Waals surface area contributed by atoms with Gasteiger partial charge in [-0.1, -0.05) is 48.0 Å². The molecule has 4 rings (SSSR count). The lowest BCUT2D eigenvalue weighted by atomic mass is 9.88. The average molecular weight is 508 g/mol. The van der Waals surface area contributed by atoms with Crippen molar-refractivity contribution >= 4 is 35.8 Å². The number of aromatic nitrogens is 2. The normalized spacial score (nSPS) is 16.9. The van der Waals surface area contributed by atoms with Crippen LogP contribution < -0.4 is 20.7 Å². The number of benzene rings is 2. The monoisotopic (exact) mass is 507 g/mol. The molecule has 0 spiro atoms. The van der Waals surface area contributed by atoms with Crippen LogP contribution in [0.25, 0.3) is 6.08 Å². The molecule has 4 N–H and O–H groups in total. The van der Waals surface area contributed by atoms with Gasteiger partial charge in [0.05, 0.1) is 16.8 Å². The van der Waals surface area contributed by atoms with Crippen LogP contribution in [0.3, 0.4) is 0 Å². The third kappa shape index (κ3) is 5.39. The molecule has 8 nitrogen and oxygen atoms in total. The summed E-state index contributed by atoms with van der Waals surface area (Å²) in [6, 6.07) is 16.0. The minimum absolute atomic E-state index is 0.0875. The third-order valence-corrected chi connectivity index (χ3v) is 6.77. The van der Waals surface area contributed by atoms with E-state index < -0.39 is 11.1 Å². The lowest BCUT2D eigenvalue weighted by molar-refractivity contribution is -0.120. The van der Waals surface area contributed by atoms with Crippen molar-refractivity contribution in [1.82, 2.24) is 20.6 Å². The Bertz CT molecular complexity index is 1280. The number of hydrogen-bond acceptors (Lipinski definition) is 5. The third-order valence-electron chi connectivity index (χ3n) is 6.28. The first kappa shape index (κ1) is 25.3. The summed E-state index contributed by atoms with van der Waals surface area (Å²) >= 11 is 6.73. The quantitative estimate of drug-likeness (QED) is 0.246. The molecule has 1 aromatic heterocycles. The lowest BCUT2D eigenvalue weighted by Crippen LogP contribution is -2.39. The van der Waals surface area contributed by atoms with Crippen LogP contribution in [0.1, 0.15) is 50.1 Å². The Labute approximate surface area is 215 Å². The van der Waals surface area contributed by atoms with E-state index in [0.29, 0.717) is 35.6 Å². The fourth-order valence-electron chi connectivity index (χ4n) is 4.23. The van der Waals surface area contributed by atoms with Crippen LogP contribution in [-0.4, -0.2) is 28.8 Å². The van der Waals surface area contributed by atoms with Gasteiger partial charge in [-0.05, 0) is 62.1 Å². The second-order valence-corrected chi connectivity index (χ2v) is 9.91. The van der Waals surface area contributed by atoms with Gasteiger partial charge in [-0.25, -0.2) is 0 Å². The van der Waals surface area contributed by atoms with Gasteiger partial charge in [-0.15, -0.1) is 0 Å². The molecule has 9 heteroatoms. The fourth-order valence-corrected chi connectivity index (χ4v) is 4.50. The molecule has 1 unspecified atom stereocenters. The number of nitrogens with one attached hydrogen (secondary N) is 4. The van der Waals surface area contributed by atoms with Gasteiger partial charge < -0.3 is 25.7 Å². The molecule has 0 bridgehead atoms. The van der Waals surface area contributed by atoms with E-state index in [0.717, 1.165) is 28.8 Å². The van der Waals surface area contributed by atoms with Crippen LogP contribution in [0.5, 0.6) is 11.8 Å². The van der Waals surface area contributed by atoms with Gasteiger partial charge in [0.15, 0.2) is 5.82 Å². The Balaban J connectivity index is 1.48. The van der Waals surface area contributed by atoms with Crippen molar-refractivity contribution in [3.8, 4) is 11.8 Å². The van der Waals surface area contributed by atoms with Crippen LogP contribution >= 0.6 is 11.6 Å². The molecular formula is C27H30ClN5O3. The average Bonchev–Trinajstić information content (AvgIpc) is 3.20. The van der Waals surface area contributed by atoms with Gasteiger partial charge >= 0.3 is 6.01 Å². The number of ether oxygens (including phenoxy) is 1. The predicted molar refractivity (Wildman–Crippen MR) is 141 cm³/mol. The molecule has 0 radical (unpaired) electrons. The summed E-state index contributed by atoms with van der Waals surface area (Å²) in [5.41, 5.74) is 2.65. The van der Waals surface area contributed by atoms with Gasteiger partial charge in [0.1, 0.15) is 5.75 Å².